The minimum atomic E-state index is 0.110. The molecule has 3 atom stereocenters. The number of carbonyl (C=O) groups excluding carboxylic acids is 1. The highest BCUT2D eigenvalue weighted by atomic mass is 79.9. The first-order valence-electron chi connectivity index (χ1n) is 12.4. The minimum absolute atomic E-state index is 0.110. The number of allylic oxidation sites excluding steroid dienone is 3. The molecule has 1 aromatic heterocycles. The van der Waals surface area contributed by atoms with Gasteiger partial charge in [0, 0.05) is 36.0 Å². The van der Waals surface area contributed by atoms with Crippen molar-refractivity contribution in [1.29, 1.82) is 0 Å². The monoisotopic (exact) mass is 547 g/mol. The van der Waals surface area contributed by atoms with Crippen molar-refractivity contribution in [2.75, 3.05) is 6.54 Å². The van der Waals surface area contributed by atoms with Crippen LogP contribution in [-0.4, -0.2) is 24.3 Å². The molecule has 2 aliphatic heterocycles. The summed E-state index contributed by atoms with van der Waals surface area (Å²) in [7, 11) is 0. The van der Waals surface area contributed by atoms with Gasteiger partial charge in [-0.15, -0.1) is 0 Å². The van der Waals surface area contributed by atoms with Crippen LogP contribution in [-0.2, 0) is 11.3 Å². The molecule has 0 radical (unpaired) electrons. The molecule has 0 bridgehead atoms. The van der Waals surface area contributed by atoms with Crippen LogP contribution in [0.5, 0.6) is 0 Å². The van der Waals surface area contributed by atoms with Crippen molar-refractivity contribution in [3.63, 3.8) is 0 Å². The van der Waals surface area contributed by atoms with Crippen LogP contribution >= 0.6 is 27.3 Å². The Morgan fingerprint density at radius 3 is 2.86 bits per heavy atom. The number of hydrogen-bond acceptors (Lipinski definition) is 5. The highest BCUT2D eigenvalue weighted by Gasteiger charge is 2.31. The van der Waals surface area contributed by atoms with Crippen LogP contribution in [0.3, 0.4) is 0 Å². The summed E-state index contributed by atoms with van der Waals surface area (Å²) in [6.07, 6.45) is 12.9. The molecule has 0 spiro atoms. The quantitative estimate of drug-likeness (QED) is 0.300. The van der Waals surface area contributed by atoms with Crippen LogP contribution in [0.15, 0.2) is 85.2 Å². The summed E-state index contributed by atoms with van der Waals surface area (Å²) >= 11 is 5.35. The normalized spacial score (nSPS) is 24.5. The number of ketones is 1. The summed E-state index contributed by atoms with van der Waals surface area (Å²) in [5, 5.41) is 7.80. The predicted octanol–water partition coefficient (Wildman–Crippen LogP) is 6.96. The third kappa shape index (κ3) is 5.99. The largest absolute Gasteiger partial charge is 0.384 e. The fourth-order valence-corrected chi connectivity index (χ4v) is 6.25. The van der Waals surface area contributed by atoms with Crippen molar-refractivity contribution in [2.45, 2.75) is 38.6 Å². The highest BCUT2D eigenvalue weighted by molar-refractivity contribution is 9.12. The van der Waals surface area contributed by atoms with Crippen molar-refractivity contribution in [3.8, 4) is 0 Å². The highest BCUT2D eigenvalue weighted by Crippen LogP contribution is 2.36. The van der Waals surface area contributed by atoms with E-state index in [4.69, 9.17) is 4.99 Å². The Kier molecular flexibility index (Phi) is 7.89. The Labute approximate surface area is 219 Å². The Balaban J connectivity index is 1.30. The second kappa shape index (κ2) is 11.4. The fourth-order valence-electron chi connectivity index (χ4n) is 5.12. The van der Waals surface area contributed by atoms with Gasteiger partial charge in [-0.05, 0) is 81.7 Å². The smallest absolute Gasteiger partial charge is 0.158 e. The van der Waals surface area contributed by atoms with Gasteiger partial charge in [-0.1, -0.05) is 42.8 Å². The van der Waals surface area contributed by atoms with E-state index in [0.717, 1.165) is 60.1 Å². The first kappa shape index (κ1) is 24.1. The number of hydrogen-bond donors (Lipinski definition) is 1. The Bertz CT molecular complexity index is 1190. The number of thiophene rings is 1. The Hall–Kier alpha value is -2.57. The summed E-state index contributed by atoms with van der Waals surface area (Å²) in [4.78, 5) is 22.5. The van der Waals surface area contributed by atoms with E-state index in [-0.39, 0.29) is 17.6 Å². The molecule has 0 saturated heterocycles. The van der Waals surface area contributed by atoms with E-state index in [1.807, 2.05) is 29.8 Å². The summed E-state index contributed by atoms with van der Waals surface area (Å²) in [5.74, 6) is 0.899. The molecule has 1 aliphatic carbocycles. The number of rotatable bonds is 7. The minimum Gasteiger partial charge on any atom is -0.384 e. The molecule has 180 valence electrons. The van der Waals surface area contributed by atoms with Crippen LogP contribution in [0.2, 0.25) is 0 Å². The average molecular weight is 549 g/mol. The van der Waals surface area contributed by atoms with E-state index in [1.165, 1.54) is 11.3 Å². The number of fused-ring (bicyclic) bond motifs is 1. The molecular weight excluding hydrogens is 518 g/mol. The van der Waals surface area contributed by atoms with Crippen LogP contribution in [0.25, 0.3) is 6.08 Å². The van der Waals surface area contributed by atoms with Crippen molar-refractivity contribution < 1.29 is 4.79 Å². The molecular formula is C29H30BrN3OS. The van der Waals surface area contributed by atoms with Gasteiger partial charge >= 0.3 is 0 Å². The molecule has 0 amide bonds. The predicted molar refractivity (Wildman–Crippen MR) is 150 cm³/mol. The van der Waals surface area contributed by atoms with Gasteiger partial charge in [0.2, 0.25) is 0 Å². The summed E-state index contributed by atoms with van der Waals surface area (Å²) in [5.41, 5.74) is 5.77. The van der Waals surface area contributed by atoms with Crippen LogP contribution in [0.4, 0.5) is 0 Å². The van der Waals surface area contributed by atoms with E-state index >= 15 is 0 Å². The number of carbonyl (C=O) groups is 1. The van der Waals surface area contributed by atoms with Crippen molar-refractivity contribution >= 4 is 51.1 Å². The third-order valence-corrected chi connectivity index (χ3v) is 8.42. The molecule has 5 rings (SSSR count). The molecule has 1 saturated carbocycles. The molecule has 2 aromatic rings. The van der Waals surface area contributed by atoms with Crippen LogP contribution in [0.1, 0.15) is 43.2 Å². The van der Waals surface area contributed by atoms with E-state index in [9.17, 15) is 4.79 Å². The number of dihydropyridines is 2. The third-order valence-electron chi connectivity index (χ3n) is 7.11. The number of benzene rings is 1. The van der Waals surface area contributed by atoms with Gasteiger partial charge in [-0.2, -0.15) is 11.3 Å². The topological polar surface area (TPSA) is 53.8 Å². The maximum atomic E-state index is 12.9. The number of nitrogens with zero attached hydrogens (tertiary/aromatic N) is 2. The number of nitrogens with one attached hydrogen (secondary N) is 1. The number of aliphatic imine (C=N–C) groups is 2. The zero-order valence-electron chi connectivity index (χ0n) is 19.7. The lowest BCUT2D eigenvalue weighted by Crippen LogP contribution is -2.31. The lowest BCUT2D eigenvalue weighted by atomic mass is 9.87. The molecule has 1 fully saturated rings. The van der Waals surface area contributed by atoms with Gasteiger partial charge in [-0.25, -0.2) is 0 Å². The number of halogens is 1. The molecule has 35 heavy (non-hydrogen) atoms. The van der Waals surface area contributed by atoms with Gasteiger partial charge in [0.1, 0.15) is 0 Å². The lowest BCUT2D eigenvalue weighted by Gasteiger charge is -2.30. The maximum Gasteiger partial charge on any atom is 0.158 e. The zero-order chi connectivity index (χ0) is 24.0. The van der Waals surface area contributed by atoms with Crippen LogP contribution in [0, 0.1) is 17.8 Å². The Morgan fingerprint density at radius 1 is 1.14 bits per heavy atom. The average Bonchev–Trinajstić information content (AvgIpc) is 3.29. The van der Waals surface area contributed by atoms with Gasteiger partial charge in [0.15, 0.2) is 5.78 Å². The fraction of sp³-hybridized carbons (Fsp3) is 0.345. The first-order valence-corrected chi connectivity index (χ1v) is 14.1. The van der Waals surface area contributed by atoms with E-state index < -0.39 is 0 Å². The van der Waals surface area contributed by atoms with Gasteiger partial charge in [0.05, 0.1) is 22.6 Å². The van der Waals surface area contributed by atoms with E-state index in [0.29, 0.717) is 12.5 Å². The molecule has 1 N–H and O–H groups in total. The SMILES string of the molecule is O=C(/C=C/c1ccsc1)C1CCCC(C2=NC3=C(Br)C=NCC3C(NCc3ccccc3)=C2)CC1. The standard InChI is InChI=1S/C29H30BrN3OS/c30-25-18-31-17-24-27(32-16-20-5-2-1-3-6-20)15-26(33-29(24)25)22-7-4-8-23(11-10-22)28(34)12-9-21-13-14-35-19-21/h1-3,5-6,9,12-15,18-19,22-24,32H,4,7-8,10-11,16-17H2/b12-9+. The molecule has 3 heterocycles. The van der Waals surface area contributed by atoms with Gasteiger partial charge < -0.3 is 5.32 Å². The maximum absolute atomic E-state index is 12.9. The zero-order valence-corrected chi connectivity index (χ0v) is 22.1. The van der Waals surface area contributed by atoms with Crippen molar-refractivity contribution in [2.24, 2.45) is 27.7 Å². The first-order chi connectivity index (χ1) is 17.2. The summed E-state index contributed by atoms with van der Waals surface area (Å²) in [6.45, 7) is 1.50. The van der Waals surface area contributed by atoms with Crippen molar-refractivity contribution in [1.82, 2.24) is 5.32 Å². The molecule has 3 aliphatic rings. The van der Waals surface area contributed by atoms with E-state index in [2.05, 4.69) is 62.0 Å². The van der Waals surface area contributed by atoms with E-state index in [1.54, 1.807) is 17.4 Å². The van der Waals surface area contributed by atoms with Crippen molar-refractivity contribution in [3.05, 3.63) is 86.3 Å². The molecule has 3 unspecified atom stereocenters. The summed E-state index contributed by atoms with van der Waals surface area (Å²) < 4.78 is 0.971. The van der Waals surface area contributed by atoms with Gasteiger partial charge in [0.25, 0.3) is 0 Å². The van der Waals surface area contributed by atoms with Crippen LogP contribution < -0.4 is 5.32 Å². The second-order valence-corrected chi connectivity index (χ2v) is 11.1. The molecule has 1 aromatic carbocycles. The molecule has 6 heteroatoms. The Morgan fingerprint density at radius 2 is 2.03 bits per heavy atom. The second-order valence-electron chi connectivity index (χ2n) is 9.45. The lowest BCUT2D eigenvalue weighted by molar-refractivity contribution is -0.118. The summed E-state index contributed by atoms with van der Waals surface area (Å²) in [6, 6.07) is 12.5. The molecule has 4 nitrogen and oxygen atoms in total. The van der Waals surface area contributed by atoms with Gasteiger partial charge in [-0.3, -0.25) is 14.8 Å².